The van der Waals surface area contributed by atoms with Crippen molar-refractivity contribution in [2.45, 2.75) is 38.6 Å². The van der Waals surface area contributed by atoms with Gasteiger partial charge in [-0.05, 0) is 42.3 Å². The van der Waals surface area contributed by atoms with Gasteiger partial charge in [-0.25, -0.2) is 0 Å². The molecule has 1 saturated heterocycles. The fourth-order valence-corrected chi connectivity index (χ4v) is 3.69. The largest absolute Gasteiger partial charge is 0.330 e. The van der Waals surface area contributed by atoms with Crippen LogP contribution in [0.25, 0.3) is 0 Å². The summed E-state index contributed by atoms with van der Waals surface area (Å²) in [5.41, 5.74) is -0.618. The number of likely N-dealkylation sites (tertiary alicyclic amines) is 1. The molecular formula is C13H16BrNO2S. The van der Waals surface area contributed by atoms with E-state index in [2.05, 4.69) is 15.9 Å². The summed E-state index contributed by atoms with van der Waals surface area (Å²) in [5.74, 6) is 0.241. The van der Waals surface area contributed by atoms with Crippen LogP contribution in [0.15, 0.2) is 15.9 Å². The second-order valence-corrected chi connectivity index (χ2v) is 6.92. The standard InChI is InChI=1S/C13H16BrNO2S/c1-13(2)11(16)5-6-15(13)12(17)4-3-10-7-9(14)8-18-10/h7-8H,3-6H2,1-2H3. The quantitative estimate of drug-likeness (QED) is 0.854. The van der Waals surface area contributed by atoms with Crippen molar-refractivity contribution in [1.82, 2.24) is 4.90 Å². The van der Waals surface area contributed by atoms with Crippen LogP contribution in [-0.4, -0.2) is 28.7 Å². The van der Waals surface area contributed by atoms with E-state index in [1.165, 1.54) is 4.88 Å². The van der Waals surface area contributed by atoms with E-state index in [-0.39, 0.29) is 11.7 Å². The fraction of sp³-hybridized carbons (Fsp3) is 0.538. The predicted molar refractivity (Wildman–Crippen MR) is 75.8 cm³/mol. The second-order valence-electron chi connectivity index (χ2n) is 5.01. The highest BCUT2D eigenvalue weighted by Gasteiger charge is 2.42. The normalized spacial score (nSPS) is 18.4. The van der Waals surface area contributed by atoms with Gasteiger partial charge in [-0.1, -0.05) is 0 Å². The van der Waals surface area contributed by atoms with Crippen LogP contribution in [-0.2, 0) is 16.0 Å². The third-order valence-corrected chi connectivity index (χ3v) is 5.19. The van der Waals surface area contributed by atoms with Crippen molar-refractivity contribution >= 4 is 39.0 Å². The van der Waals surface area contributed by atoms with Crippen molar-refractivity contribution in [2.75, 3.05) is 6.54 Å². The van der Waals surface area contributed by atoms with Crippen LogP contribution in [0, 0.1) is 0 Å². The number of ketones is 1. The molecule has 0 bridgehead atoms. The third-order valence-electron chi connectivity index (χ3n) is 3.43. The monoisotopic (exact) mass is 329 g/mol. The van der Waals surface area contributed by atoms with Crippen molar-refractivity contribution in [3.05, 3.63) is 20.8 Å². The summed E-state index contributed by atoms with van der Waals surface area (Å²) in [6.45, 7) is 4.24. The number of amides is 1. The van der Waals surface area contributed by atoms with Gasteiger partial charge in [0.25, 0.3) is 0 Å². The Kier molecular flexibility index (Phi) is 3.92. The minimum atomic E-state index is -0.618. The summed E-state index contributed by atoms with van der Waals surface area (Å²) in [6.07, 6.45) is 1.71. The molecule has 0 radical (unpaired) electrons. The van der Waals surface area contributed by atoms with Gasteiger partial charge in [0.15, 0.2) is 5.78 Å². The van der Waals surface area contributed by atoms with Gasteiger partial charge in [-0.15, -0.1) is 11.3 Å². The number of halogens is 1. The van der Waals surface area contributed by atoms with Gasteiger partial charge in [-0.3, -0.25) is 9.59 Å². The molecule has 0 aromatic carbocycles. The minimum Gasteiger partial charge on any atom is -0.330 e. The molecule has 0 unspecified atom stereocenters. The number of carbonyl (C=O) groups excluding carboxylic acids is 2. The maximum absolute atomic E-state index is 12.2. The number of Topliss-reactive ketones (excluding diaryl/α,β-unsaturated/α-hetero) is 1. The van der Waals surface area contributed by atoms with Crippen LogP contribution in [0.1, 0.15) is 31.6 Å². The molecule has 0 saturated carbocycles. The first-order valence-electron chi connectivity index (χ1n) is 5.98. The first kappa shape index (κ1) is 13.7. The Balaban J connectivity index is 1.95. The van der Waals surface area contributed by atoms with E-state index >= 15 is 0 Å². The molecule has 1 aromatic rings. The number of rotatable bonds is 3. The average molecular weight is 330 g/mol. The Morgan fingerprint density at radius 2 is 2.28 bits per heavy atom. The number of hydrogen-bond donors (Lipinski definition) is 0. The molecule has 1 aliphatic rings. The number of thiophene rings is 1. The molecule has 1 aliphatic heterocycles. The molecule has 98 valence electrons. The fourth-order valence-electron chi connectivity index (χ4n) is 2.24. The number of carbonyl (C=O) groups is 2. The molecule has 0 N–H and O–H groups in total. The van der Waals surface area contributed by atoms with E-state index in [9.17, 15) is 9.59 Å². The smallest absolute Gasteiger partial charge is 0.223 e. The minimum absolute atomic E-state index is 0.0790. The number of aryl methyl sites for hydroxylation is 1. The Hall–Kier alpha value is -0.680. The van der Waals surface area contributed by atoms with Gasteiger partial charge in [0.1, 0.15) is 0 Å². The van der Waals surface area contributed by atoms with Crippen molar-refractivity contribution in [1.29, 1.82) is 0 Å². The van der Waals surface area contributed by atoms with E-state index in [1.807, 2.05) is 25.3 Å². The third kappa shape index (κ3) is 2.67. The summed E-state index contributed by atoms with van der Waals surface area (Å²) in [7, 11) is 0. The topological polar surface area (TPSA) is 37.4 Å². The lowest BCUT2D eigenvalue weighted by atomic mass is 10.0. The summed E-state index contributed by atoms with van der Waals surface area (Å²) in [6, 6.07) is 2.04. The Morgan fingerprint density at radius 1 is 1.56 bits per heavy atom. The molecule has 0 spiro atoms. The Bertz CT molecular complexity index is 481. The zero-order valence-electron chi connectivity index (χ0n) is 10.5. The molecule has 1 fully saturated rings. The number of hydrogen-bond acceptors (Lipinski definition) is 3. The van der Waals surface area contributed by atoms with Crippen molar-refractivity contribution < 1.29 is 9.59 Å². The van der Waals surface area contributed by atoms with Crippen LogP contribution in [0.5, 0.6) is 0 Å². The molecule has 1 amide bonds. The van der Waals surface area contributed by atoms with E-state index in [0.29, 0.717) is 19.4 Å². The van der Waals surface area contributed by atoms with Gasteiger partial charge in [0.2, 0.25) is 5.91 Å². The van der Waals surface area contributed by atoms with E-state index in [1.54, 1.807) is 16.2 Å². The van der Waals surface area contributed by atoms with Gasteiger partial charge in [0, 0.05) is 34.1 Å². The second kappa shape index (κ2) is 5.13. The molecule has 0 atom stereocenters. The van der Waals surface area contributed by atoms with E-state index in [4.69, 9.17) is 0 Å². The molecular weight excluding hydrogens is 314 g/mol. The van der Waals surface area contributed by atoms with Crippen LogP contribution < -0.4 is 0 Å². The van der Waals surface area contributed by atoms with Gasteiger partial charge >= 0.3 is 0 Å². The van der Waals surface area contributed by atoms with Crippen LogP contribution in [0.4, 0.5) is 0 Å². The highest BCUT2D eigenvalue weighted by molar-refractivity contribution is 9.10. The Morgan fingerprint density at radius 3 is 2.78 bits per heavy atom. The molecule has 0 aliphatic carbocycles. The lowest BCUT2D eigenvalue weighted by molar-refractivity contribution is -0.138. The molecule has 3 nitrogen and oxygen atoms in total. The molecule has 18 heavy (non-hydrogen) atoms. The maximum atomic E-state index is 12.2. The average Bonchev–Trinajstić information content (AvgIpc) is 2.82. The zero-order valence-corrected chi connectivity index (χ0v) is 12.9. The van der Waals surface area contributed by atoms with Crippen molar-refractivity contribution in [3.63, 3.8) is 0 Å². The maximum Gasteiger partial charge on any atom is 0.223 e. The highest BCUT2D eigenvalue weighted by atomic mass is 79.9. The predicted octanol–water partition coefficient (Wildman–Crippen LogP) is 3.02. The van der Waals surface area contributed by atoms with Crippen LogP contribution in [0.3, 0.4) is 0 Å². The van der Waals surface area contributed by atoms with Gasteiger partial charge in [-0.2, -0.15) is 0 Å². The summed E-state index contributed by atoms with van der Waals surface area (Å²) < 4.78 is 1.06. The molecule has 1 aromatic heterocycles. The first-order valence-corrected chi connectivity index (χ1v) is 7.65. The summed E-state index contributed by atoms with van der Waals surface area (Å²) >= 11 is 5.05. The lowest BCUT2D eigenvalue weighted by Gasteiger charge is -2.30. The van der Waals surface area contributed by atoms with E-state index < -0.39 is 5.54 Å². The highest BCUT2D eigenvalue weighted by Crippen LogP contribution is 2.27. The van der Waals surface area contributed by atoms with Gasteiger partial charge < -0.3 is 4.90 Å². The van der Waals surface area contributed by atoms with Crippen LogP contribution >= 0.6 is 27.3 Å². The first-order chi connectivity index (χ1) is 8.41. The van der Waals surface area contributed by atoms with E-state index in [0.717, 1.165) is 10.9 Å². The van der Waals surface area contributed by atoms with Crippen molar-refractivity contribution in [3.8, 4) is 0 Å². The Labute approximate surface area is 119 Å². The molecule has 5 heteroatoms. The summed E-state index contributed by atoms with van der Waals surface area (Å²) in [5, 5.41) is 2.02. The molecule has 2 heterocycles. The van der Waals surface area contributed by atoms with Crippen LogP contribution in [0.2, 0.25) is 0 Å². The SMILES string of the molecule is CC1(C)C(=O)CCN1C(=O)CCc1cc(Br)cs1. The molecule has 2 rings (SSSR count). The van der Waals surface area contributed by atoms with Gasteiger partial charge in [0.05, 0.1) is 5.54 Å². The zero-order chi connectivity index (χ0) is 13.3. The lowest BCUT2D eigenvalue weighted by Crippen LogP contribution is -2.46. The summed E-state index contributed by atoms with van der Waals surface area (Å²) in [4.78, 5) is 26.8. The van der Waals surface area contributed by atoms with Crippen molar-refractivity contribution in [2.24, 2.45) is 0 Å². The number of nitrogens with zero attached hydrogens (tertiary/aromatic N) is 1.